The molecule has 0 spiro atoms. The highest BCUT2D eigenvalue weighted by atomic mass is 16.5. The lowest BCUT2D eigenvalue weighted by Crippen LogP contribution is -2.39. The first-order chi connectivity index (χ1) is 13.7. The van der Waals surface area contributed by atoms with Crippen molar-refractivity contribution >= 4 is 22.8 Å². The third-order valence-electron chi connectivity index (χ3n) is 5.34. The molecule has 0 saturated heterocycles. The molecule has 28 heavy (non-hydrogen) atoms. The highest BCUT2D eigenvalue weighted by Crippen LogP contribution is 2.32. The first kappa shape index (κ1) is 18.3. The highest BCUT2D eigenvalue weighted by Gasteiger charge is 2.27. The van der Waals surface area contributed by atoms with Crippen LogP contribution in [0.3, 0.4) is 0 Å². The number of nitrogens with zero attached hydrogens (tertiary/aromatic N) is 1. The van der Waals surface area contributed by atoms with Gasteiger partial charge in [-0.2, -0.15) is 0 Å². The number of aromatic nitrogens is 1. The van der Waals surface area contributed by atoms with Crippen molar-refractivity contribution in [1.82, 2.24) is 9.88 Å². The summed E-state index contributed by atoms with van der Waals surface area (Å²) in [6.45, 7) is 2.43. The predicted octanol–water partition coefficient (Wildman–Crippen LogP) is 3.49. The van der Waals surface area contributed by atoms with Crippen LogP contribution in [0.25, 0.3) is 10.9 Å². The SMILES string of the molecule is CCOC(=O)Cn1c2c(c3ccccc31)C[C@H](NC(=O)c1ccccc1)CC2. The number of benzene rings is 2. The number of hydrogen-bond acceptors (Lipinski definition) is 3. The standard InChI is InChI=1S/C23H24N2O3/c1-2-28-22(26)15-25-20-11-7-6-10-18(20)19-14-17(12-13-21(19)25)24-23(27)16-8-4-3-5-9-16/h3-11,17H,2,12-15H2,1H3,(H,24,27)/t17-/m1/s1. The van der Waals surface area contributed by atoms with E-state index in [1.807, 2.05) is 55.5 Å². The van der Waals surface area contributed by atoms with Gasteiger partial charge in [-0.05, 0) is 49.9 Å². The van der Waals surface area contributed by atoms with E-state index in [0.29, 0.717) is 12.2 Å². The summed E-state index contributed by atoms with van der Waals surface area (Å²) in [5, 5.41) is 4.32. The Hall–Kier alpha value is -3.08. The molecule has 4 rings (SSSR count). The molecule has 1 atom stereocenters. The first-order valence-electron chi connectivity index (χ1n) is 9.78. The molecule has 1 aliphatic carbocycles. The number of ether oxygens (including phenoxy) is 1. The molecule has 1 aromatic heterocycles. The lowest BCUT2D eigenvalue weighted by atomic mass is 9.91. The molecular formula is C23H24N2O3. The molecule has 1 aliphatic rings. The molecule has 144 valence electrons. The van der Waals surface area contributed by atoms with Crippen molar-refractivity contribution in [3.63, 3.8) is 0 Å². The Labute approximate surface area is 164 Å². The third kappa shape index (κ3) is 3.52. The minimum atomic E-state index is -0.217. The molecule has 2 aromatic carbocycles. The summed E-state index contributed by atoms with van der Waals surface area (Å²) in [5.74, 6) is -0.255. The Balaban J connectivity index is 1.60. The second-order valence-corrected chi connectivity index (χ2v) is 7.11. The van der Waals surface area contributed by atoms with Gasteiger partial charge in [0, 0.05) is 28.2 Å². The van der Waals surface area contributed by atoms with Crippen LogP contribution in [0.2, 0.25) is 0 Å². The molecule has 3 aromatic rings. The van der Waals surface area contributed by atoms with Crippen molar-refractivity contribution < 1.29 is 14.3 Å². The summed E-state index contributed by atoms with van der Waals surface area (Å²) in [5.41, 5.74) is 4.14. The van der Waals surface area contributed by atoms with Crippen molar-refractivity contribution in [3.8, 4) is 0 Å². The van der Waals surface area contributed by atoms with Gasteiger partial charge in [0.15, 0.2) is 0 Å². The largest absolute Gasteiger partial charge is 0.465 e. The van der Waals surface area contributed by atoms with E-state index >= 15 is 0 Å². The zero-order valence-electron chi connectivity index (χ0n) is 16.0. The number of para-hydroxylation sites is 1. The van der Waals surface area contributed by atoms with Gasteiger partial charge in [0.1, 0.15) is 6.54 Å². The summed E-state index contributed by atoms with van der Waals surface area (Å²) in [7, 11) is 0. The average molecular weight is 376 g/mol. The number of carbonyl (C=O) groups excluding carboxylic acids is 2. The number of nitrogens with one attached hydrogen (secondary N) is 1. The van der Waals surface area contributed by atoms with Gasteiger partial charge in [-0.25, -0.2) is 0 Å². The van der Waals surface area contributed by atoms with Crippen molar-refractivity contribution in [3.05, 3.63) is 71.4 Å². The number of amides is 1. The summed E-state index contributed by atoms with van der Waals surface area (Å²) >= 11 is 0. The maximum absolute atomic E-state index is 12.5. The number of esters is 1. The van der Waals surface area contributed by atoms with Crippen LogP contribution in [0.1, 0.15) is 35.0 Å². The van der Waals surface area contributed by atoms with Gasteiger partial charge in [-0.3, -0.25) is 9.59 Å². The van der Waals surface area contributed by atoms with Crippen LogP contribution < -0.4 is 5.32 Å². The number of rotatable bonds is 5. The van der Waals surface area contributed by atoms with E-state index in [1.54, 1.807) is 0 Å². The molecule has 0 bridgehead atoms. The maximum Gasteiger partial charge on any atom is 0.325 e. The van der Waals surface area contributed by atoms with Gasteiger partial charge in [0.05, 0.1) is 6.61 Å². The van der Waals surface area contributed by atoms with Crippen LogP contribution in [-0.2, 0) is 28.9 Å². The van der Waals surface area contributed by atoms with Gasteiger partial charge in [0.2, 0.25) is 0 Å². The number of fused-ring (bicyclic) bond motifs is 3. The van der Waals surface area contributed by atoms with Crippen LogP contribution >= 0.6 is 0 Å². The van der Waals surface area contributed by atoms with Crippen molar-refractivity contribution in [1.29, 1.82) is 0 Å². The van der Waals surface area contributed by atoms with E-state index in [2.05, 4.69) is 16.0 Å². The smallest absolute Gasteiger partial charge is 0.325 e. The number of carbonyl (C=O) groups is 2. The average Bonchev–Trinajstić information content (AvgIpc) is 3.02. The molecule has 1 amide bonds. The molecule has 0 saturated carbocycles. The van der Waals surface area contributed by atoms with Crippen LogP contribution in [0.5, 0.6) is 0 Å². The van der Waals surface area contributed by atoms with E-state index in [4.69, 9.17) is 4.74 Å². The van der Waals surface area contributed by atoms with Crippen molar-refractivity contribution in [2.24, 2.45) is 0 Å². The minimum Gasteiger partial charge on any atom is -0.465 e. The van der Waals surface area contributed by atoms with E-state index in [-0.39, 0.29) is 24.5 Å². The monoisotopic (exact) mass is 376 g/mol. The van der Waals surface area contributed by atoms with E-state index in [0.717, 1.165) is 30.2 Å². The second kappa shape index (κ2) is 7.89. The molecule has 0 fully saturated rings. The molecule has 1 heterocycles. The Morgan fingerprint density at radius 2 is 1.86 bits per heavy atom. The molecular weight excluding hydrogens is 352 g/mol. The van der Waals surface area contributed by atoms with Gasteiger partial charge in [-0.15, -0.1) is 0 Å². The molecule has 5 heteroatoms. The van der Waals surface area contributed by atoms with Gasteiger partial charge < -0.3 is 14.6 Å². The van der Waals surface area contributed by atoms with E-state index in [1.165, 1.54) is 11.3 Å². The third-order valence-corrected chi connectivity index (χ3v) is 5.34. The lowest BCUT2D eigenvalue weighted by Gasteiger charge is -2.25. The Bertz CT molecular complexity index is 1010. The number of hydrogen-bond donors (Lipinski definition) is 1. The predicted molar refractivity (Wildman–Crippen MR) is 108 cm³/mol. The molecule has 0 unspecified atom stereocenters. The quantitative estimate of drug-likeness (QED) is 0.694. The first-order valence-corrected chi connectivity index (χ1v) is 9.78. The van der Waals surface area contributed by atoms with Gasteiger partial charge in [-0.1, -0.05) is 36.4 Å². The fourth-order valence-electron chi connectivity index (χ4n) is 4.10. The van der Waals surface area contributed by atoms with Crippen molar-refractivity contribution in [2.75, 3.05) is 6.61 Å². The summed E-state index contributed by atoms with van der Waals surface area (Å²) in [4.78, 5) is 24.6. The summed E-state index contributed by atoms with van der Waals surface area (Å²) < 4.78 is 7.24. The van der Waals surface area contributed by atoms with Crippen molar-refractivity contribution in [2.45, 2.75) is 38.8 Å². The summed E-state index contributed by atoms with van der Waals surface area (Å²) in [6, 6.07) is 17.5. The second-order valence-electron chi connectivity index (χ2n) is 7.11. The van der Waals surface area contributed by atoms with E-state index in [9.17, 15) is 9.59 Å². The normalized spacial score (nSPS) is 15.8. The molecule has 1 N–H and O–H groups in total. The van der Waals surface area contributed by atoms with Crippen LogP contribution in [-0.4, -0.2) is 29.1 Å². The lowest BCUT2D eigenvalue weighted by molar-refractivity contribution is -0.143. The van der Waals surface area contributed by atoms with Gasteiger partial charge >= 0.3 is 5.97 Å². The summed E-state index contributed by atoms with van der Waals surface area (Å²) in [6.07, 6.45) is 2.44. The fraction of sp³-hybridized carbons (Fsp3) is 0.304. The molecule has 5 nitrogen and oxygen atoms in total. The fourth-order valence-corrected chi connectivity index (χ4v) is 4.10. The maximum atomic E-state index is 12.5. The van der Waals surface area contributed by atoms with Crippen LogP contribution in [0.15, 0.2) is 54.6 Å². The highest BCUT2D eigenvalue weighted by molar-refractivity contribution is 5.94. The Morgan fingerprint density at radius 3 is 2.64 bits per heavy atom. The van der Waals surface area contributed by atoms with Gasteiger partial charge in [0.25, 0.3) is 5.91 Å². The Kier molecular flexibility index (Phi) is 5.15. The molecule has 0 radical (unpaired) electrons. The topological polar surface area (TPSA) is 60.3 Å². The zero-order valence-corrected chi connectivity index (χ0v) is 16.0. The minimum absolute atomic E-state index is 0.0377. The van der Waals surface area contributed by atoms with Crippen LogP contribution in [0, 0.1) is 0 Å². The van der Waals surface area contributed by atoms with Crippen LogP contribution in [0.4, 0.5) is 0 Å². The molecule has 0 aliphatic heterocycles. The zero-order chi connectivity index (χ0) is 19.5. The van der Waals surface area contributed by atoms with E-state index < -0.39 is 0 Å². The Morgan fingerprint density at radius 1 is 1.11 bits per heavy atom.